The Balaban J connectivity index is 2.11. The Labute approximate surface area is 79.1 Å². The number of hydrogen-bond acceptors (Lipinski definition) is 2. The molecule has 3 heteroatoms. The predicted molar refractivity (Wildman–Crippen MR) is 53.1 cm³/mol. The Bertz CT molecular complexity index is 258. The molecule has 0 amide bonds. The molecule has 0 bridgehead atoms. The van der Waals surface area contributed by atoms with Gasteiger partial charge in [0.25, 0.3) is 0 Å². The van der Waals surface area contributed by atoms with Gasteiger partial charge in [-0.3, -0.25) is 4.68 Å². The molecule has 13 heavy (non-hydrogen) atoms. The van der Waals surface area contributed by atoms with Gasteiger partial charge < -0.3 is 5.32 Å². The summed E-state index contributed by atoms with van der Waals surface area (Å²) in [6, 6.07) is 2.31. The Morgan fingerprint density at radius 2 is 2.54 bits per heavy atom. The lowest BCUT2D eigenvalue weighted by molar-refractivity contribution is 0.501. The summed E-state index contributed by atoms with van der Waals surface area (Å²) in [6.45, 7) is 3.88. The quantitative estimate of drug-likeness (QED) is 0.677. The summed E-state index contributed by atoms with van der Waals surface area (Å²) in [6.07, 6.45) is 9.70. The zero-order valence-electron chi connectivity index (χ0n) is 7.90. The molecule has 1 atom stereocenters. The first kappa shape index (κ1) is 9.82. The number of terminal acetylenes is 1. The maximum atomic E-state index is 5.19. The average molecular weight is 177 g/mol. The van der Waals surface area contributed by atoms with Gasteiger partial charge in [0.15, 0.2) is 0 Å². The van der Waals surface area contributed by atoms with Gasteiger partial charge >= 0.3 is 0 Å². The smallest absolute Gasteiger partial charge is 0.0534 e. The summed E-state index contributed by atoms with van der Waals surface area (Å²) in [5, 5.41) is 7.41. The van der Waals surface area contributed by atoms with Crippen molar-refractivity contribution in [3.8, 4) is 12.3 Å². The first-order chi connectivity index (χ1) is 6.33. The van der Waals surface area contributed by atoms with Crippen LogP contribution in [0.15, 0.2) is 18.5 Å². The molecule has 0 aliphatic rings. The van der Waals surface area contributed by atoms with Gasteiger partial charge in [-0.25, -0.2) is 0 Å². The van der Waals surface area contributed by atoms with Crippen LogP contribution in [-0.4, -0.2) is 22.4 Å². The van der Waals surface area contributed by atoms with Gasteiger partial charge in [-0.15, -0.1) is 12.3 Å². The van der Waals surface area contributed by atoms with E-state index in [-0.39, 0.29) is 0 Å². The third-order valence-corrected chi connectivity index (χ3v) is 1.82. The van der Waals surface area contributed by atoms with Crippen LogP contribution in [-0.2, 0) is 6.54 Å². The fourth-order valence-electron chi connectivity index (χ4n) is 1.11. The van der Waals surface area contributed by atoms with Crippen molar-refractivity contribution < 1.29 is 0 Å². The van der Waals surface area contributed by atoms with Crippen LogP contribution in [0, 0.1) is 12.3 Å². The number of hydrogen-bond donors (Lipinski definition) is 1. The SMILES string of the molecule is C#CCC(C)NCCn1cccn1. The number of nitrogens with zero attached hydrogens (tertiary/aromatic N) is 2. The van der Waals surface area contributed by atoms with Gasteiger partial charge in [-0.1, -0.05) is 0 Å². The van der Waals surface area contributed by atoms with Crippen LogP contribution >= 0.6 is 0 Å². The van der Waals surface area contributed by atoms with Crippen molar-refractivity contribution >= 4 is 0 Å². The minimum Gasteiger partial charge on any atom is -0.311 e. The molecule has 0 saturated carbocycles. The molecule has 1 rings (SSSR count). The largest absolute Gasteiger partial charge is 0.311 e. The molecule has 1 aromatic heterocycles. The van der Waals surface area contributed by atoms with Gasteiger partial charge in [0.2, 0.25) is 0 Å². The standard InChI is InChI=1S/C10H15N3/c1-3-5-10(2)11-7-9-13-8-4-6-12-13/h1,4,6,8,10-11H,5,7,9H2,2H3. The zero-order valence-corrected chi connectivity index (χ0v) is 7.90. The highest BCUT2D eigenvalue weighted by molar-refractivity contribution is 4.88. The molecule has 1 N–H and O–H groups in total. The minimum atomic E-state index is 0.389. The molecule has 70 valence electrons. The minimum absolute atomic E-state index is 0.389. The zero-order chi connectivity index (χ0) is 9.52. The van der Waals surface area contributed by atoms with Gasteiger partial charge in [0, 0.05) is 31.4 Å². The van der Waals surface area contributed by atoms with E-state index in [1.807, 2.05) is 16.9 Å². The molecule has 0 aliphatic carbocycles. The van der Waals surface area contributed by atoms with Crippen molar-refractivity contribution in [3.63, 3.8) is 0 Å². The van der Waals surface area contributed by atoms with E-state index in [9.17, 15) is 0 Å². The molecule has 0 aromatic carbocycles. The Morgan fingerprint density at radius 3 is 3.15 bits per heavy atom. The molecule has 1 unspecified atom stereocenters. The van der Waals surface area contributed by atoms with Crippen molar-refractivity contribution in [3.05, 3.63) is 18.5 Å². The van der Waals surface area contributed by atoms with E-state index in [0.29, 0.717) is 6.04 Å². The van der Waals surface area contributed by atoms with Crippen LogP contribution in [0.1, 0.15) is 13.3 Å². The first-order valence-electron chi connectivity index (χ1n) is 4.47. The average Bonchev–Trinajstić information content (AvgIpc) is 2.57. The number of aromatic nitrogens is 2. The molecule has 0 fully saturated rings. The summed E-state index contributed by atoms with van der Waals surface area (Å²) in [4.78, 5) is 0. The molecule has 0 aliphatic heterocycles. The second-order valence-electron chi connectivity index (χ2n) is 3.03. The van der Waals surface area contributed by atoms with E-state index in [1.54, 1.807) is 6.20 Å². The van der Waals surface area contributed by atoms with E-state index in [0.717, 1.165) is 19.5 Å². The van der Waals surface area contributed by atoms with Crippen LogP contribution in [0.3, 0.4) is 0 Å². The summed E-state index contributed by atoms with van der Waals surface area (Å²) in [7, 11) is 0. The lowest BCUT2D eigenvalue weighted by Gasteiger charge is -2.10. The molecule has 1 aromatic rings. The van der Waals surface area contributed by atoms with Gasteiger partial charge in [0.1, 0.15) is 0 Å². The number of rotatable bonds is 5. The molecule has 0 saturated heterocycles. The van der Waals surface area contributed by atoms with Crippen LogP contribution in [0.25, 0.3) is 0 Å². The normalized spacial score (nSPS) is 12.3. The predicted octanol–water partition coefficient (Wildman–Crippen LogP) is 0.884. The first-order valence-corrected chi connectivity index (χ1v) is 4.47. The van der Waals surface area contributed by atoms with E-state index in [1.165, 1.54) is 0 Å². The Kier molecular flexibility index (Phi) is 4.07. The van der Waals surface area contributed by atoms with Crippen molar-refractivity contribution in [1.29, 1.82) is 0 Å². The molecule has 0 spiro atoms. The van der Waals surface area contributed by atoms with Crippen LogP contribution in [0.5, 0.6) is 0 Å². The Morgan fingerprint density at radius 1 is 1.69 bits per heavy atom. The Hall–Kier alpha value is -1.27. The summed E-state index contributed by atoms with van der Waals surface area (Å²) in [5.74, 6) is 2.63. The molecular weight excluding hydrogens is 162 g/mol. The fourth-order valence-corrected chi connectivity index (χ4v) is 1.11. The van der Waals surface area contributed by atoms with Crippen molar-refractivity contribution in [2.45, 2.75) is 25.9 Å². The van der Waals surface area contributed by atoms with Crippen LogP contribution < -0.4 is 5.32 Å². The maximum Gasteiger partial charge on any atom is 0.0534 e. The topological polar surface area (TPSA) is 29.9 Å². The van der Waals surface area contributed by atoms with Crippen molar-refractivity contribution in [2.75, 3.05) is 6.54 Å². The van der Waals surface area contributed by atoms with Gasteiger partial charge in [0.05, 0.1) is 6.54 Å². The highest BCUT2D eigenvalue weighted by atomic mass is 15.3. The van der Waals surface area contributed by atoms with Crippen molar-refractivity contribution in [2.24, 2.45) is 0 Å². The van der Waals surface area contributed by atoms with Crippen LogP contribution in [0.2, 0.25) is 0 Å². The van der Waals surface area contributed by atoms with Crippen LogP contribution in [0.4, 0.5) is 0 Å². The second kappa shape index (κ2) is 5.39. The van der Waals surface area contributed by atoms with Crippen molar-refractivity contribution in [1.82, 2.24) is 15.1 Å². The van der Waals surface area contributed by atoms with Gasteiger partial charge in [-0.2, -0.15) is 5.10 Å². The van der Waals surface area contributed by atoms with E-state index >= 15 is 0 Å². The second-order valence-corrected chi connectivity index (χ2v) is 3.03. The van der Waals surface area contributed by atoms with E-state index in [4.69, 9.17) is 6.42 Å². The lowest BCUT2D eigenvalue weighted by Crippen LogP contribution is -2.29. The molecular formula is C10H15N3. The highest BCUT2D eigenvalue weighted by Crippen LogP contribution is 1.88. The fraction of sp³-hybridized carbons (Fsp3) is 0.500. The highest BCUT2D eigenvalue weighted by Gasteiger charge is 1.97. The monoisotopic (exact) mass is 177 g/mol. The summed E-state index contributed by atoms with van der Waals surface area (Å²) < 4.78 is 1.90. The van der Waals surface area contributed by atoms with Gasteiger partial charge in [-0.05, 0) is 13.0 Å². The summed E-state index contributed by atoms with van der Waals surface area (Å²) in [5.41, 5.74) is 0. The number of nitrogens with one attached hydrogen (secondary N) is 1. The third-order valence-electron chi connectivity index (χ3n) is 1.82. The van der Waals surface area contributed by atoms with E-state index in [2.05, 4.69) is 23.3 Å². The maximum absolute atomic E-state index is 5.19. The lowest BCUT2D eigenvalue weighted by atomic mass is 10.2. The van der Waals surface area contributed by atoms with E-state index < -0.39 is 0 Å². The summed E-state index contributed by atoms with van der Waals surface area (Å²) >= 11 is 0. The third kappa shape index (κ3) is 3.77. The molecule has 1 heterocycles. The molecule has 0 radical (unpaired) electrons. The molecule has 3 nitrogen and oxygen atoms in total.